The van der Waals surface area contributed by atoms with Gasteiger partial charge in [-0.1, -0.05) is 25.4 Å². The molecule has 1 rings (SSSR count). The van der Waals surface area contributed by atoms with Gasteiger partial charge < -0.3 is 10.4 Å². The third-order valence-corrected chi connectivity index (χ3v) is 2.81. The van der Waals surface area contributed by atoms with E-state index in [1.807, 2.05) is 20.8 Å². The van der Waals surface area contributed by atoms with Crippen LogP contribution in [0.3, 0.4) is 0 Å². The smallest absolute Gasteiger partial charge is 0.137 e. The second-order valence-corrected chi connectivity index (χ2v) is 4.59. The molecule has 0 saturated heterocycles. The minimum atomic E-state index is -0.395. The van der Waals surface area contributed by atoms with Gasteiger partial charge >= 0.3 is 0 Å². The lowest BCUT2D eigenvalue weighted by molar-refractivity contribution is 0.138. The van der Waals surface area contributed by atoms with Gasteiger partial charge in [-0.3, -0.25) is 0 Å². The summed E-state index contributed by atoms with van der Waals surface area (Å²) >= 11 is 5.94. The number of aromatic nitrogens is 2. The number of halogens is 1. The summed E-state index contributed by atoms with van der Waals surface area (Å²) in [6.07, 6.45) is -0.395. The highest BCUT2D eigenvalue weighted by Crippen LogP contribution is 2.19. The average molecular weight is 244 g/mol. The molecule has 1 unspecified atom stereocenters. The summed E-state index contributed by atoms with van der Waals surface area (Å²) in [5.74, 6) is 1.53. The fourth-order valence-electron chi connectivity index (χ4n) is 1.20. The number of nitrogens with one attached hydrogen (secondary N) is 1. The second-order valence-electron chi connectivity index (χ2n) is 4.23. The van der Waals surface area contributed by atoms with Crippen molar-refractivity contribution in [3.63, 3.8) is 0 Å². The minimum absolute atomic E-state index is 0.214. The Bertz CT molecular complexity index is 368. The van der Waals surface area contributed by atoms with Crippen LogP contribution in [-0.4, -0.2) is 27.7 Å². The van der Waals surface area contributed by atoms with Gasteiger partial charge in [0.25, 0.3) is 0 Å². The van der Waals surface area contributed by atoms with E-state index in [0.29, 0.717) is 23.3 Å². The zero-order valence-electron chi connectivity index (χ0n) is 10.1. The number of hydrogen-bond donors (Lipinski definition) is 2. The van der Waals surface area contributed by atoms with E-state index < -0.39 is 6.10 Å². The first kappa shape index (κ1) is 13.2. The van der Waals surface area contributed by atoms with Crippen molar-refractivity contribution < 1.29 is 5.11 Å². The van der Waals surface area contributed by atoms with Crippen LogP contribution in [0.4, 0.5) is 5.82 Å². The Morgan fingerprint density at radius 1 is 1.31 bits per heavy atom. The predicted molar refractivity (Wildman–Crippen MR) is 65.9 cm³/mol. The normalized spacial score (nSPS) is 12.9. The molecule has 1 aromatic heterocycles. The van der Waals surface area contributed by atoms with Gasteiger partial charge in [-0.25, -0.2) is 9.97 Å². The van der Waals surface area contributed by atoms with Crippen LogP contribution in [0.5, 0.6) is 0 Å². The molecule has 0 aliphatic rings. The van der Waals surface area contributed by atoms with Crippen molar-refractivity contribution in [1.29, 1.82) is 0 Å². The van der Waals surface area contributed by atoms with E-state index >= 15 is 0 Å². The van der Waals surface area contributed by atoms with E-state index in [4.69, 9.17) is 11.6 Å². The molecule has 0 fully saturated rings. The molecular formula is C11H18ClN3O. The zero-order chi connectivity index (χ0) is 12.3. The highest BCUT2D eigenvalue weighted by Gasteiger charge is 2.11. The molecule has 5 heteroatoms. The van der Waals surface area contributed by atoms with Crippen LogP contribution in [0.2, 0.25) is 5.15 Å². The standard InChI is InChI=1S/C11H18ClN3O/c1-6(2)9(16)5-13-11-7(3)10(12)14-8(4)15-11/h6,9,16H,5H2,1-4H3,(H,13,14,15). The number of rotatable bonds is 4. The predicted octanol–water partition coefficient (Wildman–Crippen LogP) is 2.18. The first-order valence-corrected chi connectivity index (χ1v) is 5.72. The van der Waals surface area contributed by atoms with E-state index in [1.165, 1.54) is 0 Å². The van der Waals surface area contributed by atoms with Gasteiger partial charge in [0.15, 0.2) is 0 Å². The summed E-state index contributed by atoms with van der Waals surface area (Å²) in [6.45, 7) is 8.04. The number of aryl methyl sites for hydroxylation is 1. The van der Waals surface area contributed by atoms with E-state index in [1.54, 1.807) is 6.92 Å². The largest absolute Gasteiger partial charge is 0.391 e. The maximum atomic E-state index is 9.68. The Balaban J connectivity index is 2.74. The Morgan fingerprint density at radius 2 is 1.94 bits per heavy atom. The molecule has 0 saturated carbocycles. The lowest BCUT2D eigenvalue weighted by atomic mass is 10.1. The van der Waals surface area contributed by atoms with Crippen molar-refractivity contribution >= 4 is 17.4 Å². The average Bonchev–Trinajstić information content (AvgIpc) is 2.20. The van der Waals surface area contributed by atoms with Crippen LogP contribution >= 0.6 is 11.6 Å². The molecule has 1 heterocycles. The van der Waals surface area contributed by atoms with Crippen molar-refractivity contribution in [1.82, 2.24) is 9.97 Å². The van der Waals surface area contributed by atoms with Crippen molar-refractivity contribution in [3.8, 4) is 0 Å². The van der Waals surface area contributed by atoms with Crippen molar-refractivity contribution in [2.75, 3.05) is 11.9 Å². The molecule has 1 atom stereocenters. The highest BCUT2D eigenvalue weighted by molar-refractivity contribution is 6.30. The molecule has 0 aliphatic carbocycles. The maximum Gasteiger partial charge on any atom is 0.137 e. The van der Waals surface area contributed by atoms with Gasteiger partial charge in [0, 0.05) is 12.1 Å². The molecule has 0 bridgehead atoms. The Hall–Kier alpha value is -0.870. The molecule has 1 aromatic rings. The van der Waals surface area contributed by atoms with Crippen LogP contribution in [0.25, 0.3) is 0 Å². The van der Waals surface area contributed by atoms with Crippen LogP contribution in [0.15, 0.2) is 0 Å². The molecule has 0 amide bonds. The van der Waals surface area contributed by atoms with Gasteiger partial charge in [0.1, 0.15) is 16.8 Å². The highest BCUT2D eigenvalue weighted by atomic mass is 35.5. The lowest BCUT2D eigenvalue weighted by Crippen LogP contribution is -2.25. The summed E-state index contributed by atoms with van der Waals surface area (Å²) in [5.41, 5.74) is 0.809. The van der Waals surface area contributed by atoms with E-state index in [-0.39, 0.29) is 5.92 Å². The number of hydrogen-bond acceptors (Lipinski definition) is 4. The van der Waals surface area contributed by atoms with E-state index in [2.05, 4.69) is 15.3 Å². The number of anilines is 1. The Kier molecular flexibility index (Phi) is 4.50. The van der Waals surface area contributed by atoms with Crippen molar-refractivity contribution in [2.45, 2.75) is 33.8 Å². The number of aliphatic hydroxyl groups excluding tert-OH is 1. The Morgan fingerprint density at radius 3 is 2.50 bits per heavy atom. The molecule has 0 aliphatic heterocycles. The summed E-state index contributed by atoms with van der Waals surface area (Å²) in [4.78, 5) is 8.29. The monoisotopic (exact) mass is 243 g/mol. The van der Waals surface area contributed by atoms with E-state index in [0.717, 1.165) is 5.56 Å². The summed E-state index contributed by atoms with van der Waals surface area (Å²) in [5, 5.41) is 13.2. The molecule has 90 valence electrons. The SMILES string of the molecule is Cc1nc(Cl)c(C)c(NCC(O)C(C)C)n1. The molecule has 4 nitrogen and oxygen atoms in total. The summed E-state index contributed by atoms with van der Waals surface area (Å²) in [6, 6.07) is 0. The van der Waals surface area contributed by atoms with E-state index in [9.17, 15) is 5.11 Å². The van der Waals surface area contributed by atoms with Crippen LogP contribution in [-0.2, 0) is 0 Å². The molecule has 16 heavy (non-hydrogen) atoms. The number of aliphatic hydroxyl groups is 1. The quantitative estimate of drug-likeness (QED) is 0.796. The molecular weight excluding hydrogens is 226 g/mol. The fourth-order valence-corrected chi connectivity index (χ4v) is 1.42. The van der Waals surface area contributed by atoms with Crippen molar-refractivity contribution in [3.05, 3.63) is 16.5 Å². The molecule has 0 aromatic carbocycles. The van der Waals surface area contributed by atoms with Gasteiger partial charge in [0.2, 0.25) is 0 Å². The van der Waals surface area contributed by atoms with Gasteiger partial charge in [0.05, 0.1) is 6.10 Å². The second kappa shape index (κ2) is 5.46. The number of nitrogens with zero attached hydrogens (tertiary/aromatic N) is 2. The third-order valence-electron chi connectivity index (χ3n) is 2.45. The first-order chi connectivity index (χ1) is 7.41. The van der Waals surface area contributed by atoms with Crippen molar-refractivity contribution in [2.24, 2.45) is 5.92 Å². The van der Waals surface area contributed by atoms with Gasteiger partial charge in [-0.2, -0.15) is 0 Å². The van der Waals surface area contributed by atoms with Gasteiger partial charge in [-0.15, -0.1) is 0 Å². The zero-order valence-corrected chi connectivity index (χ0v) is 10.8. The third kappa shape index (κ3) is 3.32. The maximum absolute atomic E-state index is 9.68. The molecule has 0 spiro atoms. The molecule has 0 radical (unpaired) electrons. The lowest BCUT2D eigenvalue weighted by Gasteiger charge is -2.16. The van der Waals surface area contributed by atoms with Crippen LogP contribution in [0.1, 0.15) is 25.2 Å². The summed E-state index contributed by atoms with van der Waals surface area (Å²) < 4.78 is 0. The fraction of sp³-hybridized carbons (Fsp3) is 0.636. The molecule has 2 N–H and O–H groups in total. The van der Waals surface area contributed by atoms with Gasteiger partial charge in [-0.05, 0) is 19.8 Å². The summed E-state index contributed by atoms with van der Waals surface area (Å²) in [7, 11) is 0. The van der Waals surface area contributed by atoms with Crippen LogP contribution in [0, 0.1) is 19.8 Å². The van der Waals surface area contributed by atoms with Crippen LogP contribution < -0.4 is 5.32 Å². The minimum Gasteiger partial charge on any atom is -0.391 e. The first-order valence-electron chi connectivity index (χ1n) is 5.34. The Labute approximate surface area is 101 Å². The topological polar surface area (TPSA) is 58.0 Å².